The largest absolute Gasteiger partial charge is 0.365 e. The van der Waals surface area contributed by atoms with Crippen molar-refractivity contribution < 1.29 is 14.4 Å². The summed E-state index contributed by atoms with van der Waals surface area (Å²) in [5.41, 5.74) is -1.56. The summed E-state index contributed by atoms with van der Waals surface area (Å²) in [7, 11) is 0. The molecular weight excluding hydrogens is 400 g/mol. The van der Waals surface area contributed by atoms with Crippen molar-refractivity contribution in [2.75, 3.05) is 26.3 Å². The molecule has 5 heteroatoms. The molecular formula is C27H48N2O3. The average Bonchev–Trinajstić information content (AvgIpc) is 2.71. The van der Waals surface area contributed by atoms with Gasteiger partial charge in [0.25, 0.3) is 5.91 Å². The maximum Gasteiger partial charge on any atom is 0.255 e. The third-order valence-corrected chi connectivity index (χ3v) is 6.83. The summed E-state index contributed by atoms with van der Waals surface area (Å²) >= 11 is 0. The highest BCUT2D eigenvalue weighted by Crippen LogP contribution is 2.46. The zero-order valence-corrected chi connectivity index (χ0v) is 21.3. The van der Waals surface area contributed by atoms with Crippen LogP contribution >= 0.6 is 0 Å². The average molecular weight is 449 g/mol. The second kappa shape index (κ2) is 12.3. The molecule has 5 nitrogen and oxygen atoms in total. The molecule has 0 aromatic heterocycles. The number of nitrogens with zero attached hydrogens (tertiary/aromatic N) is 2. The first-order chi connectivity index (χ1) is 15.2. The van der Waals surface area contributed by atoms with Crippen LogP contribution in [0.3, 0.4) is 0 Å². The van der Waals surface area contributed by atoms with Gasteiger partial charge in [0.15, 0.2) is 0 Å². The topological polar surface area (TPSA) is 42.0 Å². The Kier molecular flexibility index (Phi) is 10.4. The van der Waals surface area contributed by atoms with Crippen molar-refractivity contribution in [1.29, 1.82) is 0 Å². The highest BCUT2D eigenvalue weighted by molar-refractivity contribution is 5.86. The van der Waals surface area contributed by atoms with E-state index in [4.69, 9.17) is 9.57 Å². The van der Waals surface area contributed by atoms with E-state index in [2.05, 4.69) is 45.9 Å². The highest BCUT2D eigenvalue weighted by atomic mass is 16.7. The second-order valence-corrected chi connectivity index (χ2v) is 10.9. The molecule has 184 valence electrons. The Balaban J connectivity index is 2.34. The van der Waals surface area contributed by atoms with Gasteiger partial charge in [0.1, 0.15) is 5.60 Å². The van der Waals surface area contributed by atoms with Crippen LogP contribution in [0.2, 0.25) is 0 Å². The quantitative estimate of drug-likeness (QED) is 0.480. The predicted molar refractivity (Wildman–Crippen MR) is 132 cm³/mol. The third-order valence-electron chi connectivity index (χ3n) is 6.83. The summed E-state index contributed by atoms with van der Waals surface area (Å²) < 4.78 is 6.63. The van der Waals surface area contributed by atoms with Crippen molar-refractivity contribution in [3.63, 3.8) is 0 Å². The molecule has 0 radical (unpaired) electrons. The Morgan fingerprint density at radius 1 is 0.875 bits per heavy atom. The van der Waals surface area contributed by atoms with Crippen molar-refractivity contribution in [1.82, 2.24) is 9.96 Å². The van der Waals surface area contributed by atoms with Crippen LogP contribution in [0.4, 0.5) is 0 Å². The third kappa shape index (κ3) is 7.16. The second-order valence-electron chi connectivity index (χ2n) is 10.9. The zero-order valence-electron chi connectivity index (χ0n) is 21.3. The van der Waals surface area contributed by atoms with Crippen LogP contribution in [-0.4, -0.2) is 58.9 Å². The maximum atomic E-state index is 14.1. The van der Waals surface area contributed by atoms with Gasteiger partial charge in [0.2, 0.25) is 0 Å². The lowest BCUT2D eigenvalue weighted by atomic mass is 9.71. The molecule has 0 unspecified atom stereocenters. The minimum absolute atomic E-state index is 0.122. The maximum absolute atomic E-state index is 14.1. The van der Waals surface area contributed by atoms with Crippen molar-refractivity contribution >= 4 is 5.91 Å². The molecule has 2 heterocycles. The molecule has 2 aliphatic rings. The molecule has 1 amide bonds. The van der Waals surface area contributed by atoms with E-state index in [0.717, 1.165) is 19.4 Å². The van der Waals surface area contributed by atoms with Gasteiger partial charge in [-0.15, -0.1) is 13.2 Å². The summed E-state index contributed by atoms with van der Waals surface area (Å²) in [5, 5.41) is 2.07. The van der Waals surface area contributed by atoms with Gasteiger partial charge in [0.05, 0.1) is 6.61 Å². The molecule has 1 spiro atoms. The summed E-state index contributed by atoms with van der Waals surface area (Å²) in [4.78, 5) is 22.2. The van der Waals surface area contributed by atoms with Gasteiger partial charge in [-0.2, -0.15) is 5.06 Å². The number of carbonyl (C=O) groups is 1. The number of hydrogen-bond donors (Lipinski definition) is 0. The Labute approximate surface area is 197 Å². The van der Waals surface area contributed by atoms with E-state index in [0.29, 0.717) is 32.6 Å². The van der Waals surface area contributed by atoms with Crippen molar-refractivity contribution in [3.8, 4) is 0 Å². The highest BCUT2D eigenvalue weighted by Gasteiger charge is 2.58. The summed E-state index contributed by atoms with van der Waals surface area (Å²) in [5.74, 6) is 0.122. The number of carbonyl (C=O) groups excluding carboxylic acids is 1. The first kappa shape index (κ1) is 27.1. The molecule has 0 bridgehead atoms. The van der Waals surface area contributed by atoms with Crippen LogP contribution in [0.5, 0.6) is 0 Å². The Morgan fingerprint density at radius 3 is 1.94 bits per heavy atom. The van der Waals surface area contributed by atoms with E-state index < -0.39 is 5.60 Å². The SMILES string of the molecule is C=CCON1C(C)(C)CC2(CC1(C)C)OCCCCCCCCCCCN(CC=C)C2=O. The Morgan fingerprint density at radius 2 is 1.41 bits per heavy atom. The number of hydrogen-bond acceptors (Lipinski definition) is 4. The molecule has 0 aromatic rings. The van der Waals surface area contributed by atoms with Gasteiger partial charge >= 0.3 is 0 Å². The van der Waals surface area contributed by atoms with E-state index in [1.165, 1.54) is 44.9 Å². The van der Waals surface area contributed by atoms with E-state index >= 15 is 0 Å². The molecule has 0 N–H and O–H groups in total. The first-order valence-corrected chi connectivity index (χ1v) is 12.8. The number of hydroxylamine groups is 2. The monoisotopic (exact) mass is 448 g/mol. The Bertz CT molecular complexity index is 596. The first-order valence-electron chi connectivity index (χ1n) is 12.8. The van der Waals surface area contributed by atoms with E-state index in [1.807, 2.05) is 11.0 Å². The minimum atomic E-state index is -0.843. The van der Waals surface area contributed by atoms with Crippen LogP contribution in [-0.2, 0) is 14.4 Å². The van der Waals surface area contributed by atoms with Gasteiger partial charge in [-0.1, -0.05) is 57.1 Å². The lowest BCUT2D eigenvalue weighted by molar-refractivity contribution is -0.302. The summed E-state index contributed by atoms with van der Waals surface area (Å²) in [6.07, 6.45) is 15.7. The standard InChI is InChI=1S/C27H48N2O3/c1-7-18-28-19-16-14-12-10-9-11-13-15-17-21-31-27(24(28)30)22-25(3,4)29(32-20-8-2)26(5,6)23-27/h7-8H,1-2,9-23H2,3-6H3. The fraction of sp³-hybridized carbons (Fsp3) is 0.815. The lowest BCUT2D eigenvalue weighted by Gasteiger charge is -2.57. The molecule has 0 saturated carbocycles. The summed E-state index contributed by atoms with van der Waals surface area (Å²) in [6.45, 7) is 18.8. The molecule has 2 fully saturated rings. The number of rotatable bonds is 5. The van der Waals surface area contributed by atoms with Gasteiger partial charge in [-0.3, -0.25) is 9.63 Å². The molecule has 32 heavy (non-hydrogen) atoms. The van der Waals surface area contributed by atoms with Gasteiger partial charge in [-0.05, 0) is 40.5 Å². The normalized spacial score (nSPS) is 25.6. The van der Waals surface area contributed by atoms with Crippen molar-refractivity contribution in [2.45, 2.75) is 115 Å². The fourth-order valence-corrected chi connectivity index (χ4v) is 5.84. The van der Waals surface area contributed by atoms with Gasteiger partial charge in [0, 0.05) is 43.6 Å². The van der Waals surface area contributed by atoms with Crippen LogP contribution < -0.4 is 0 Å². The summed E-state index contributed by atoms with van der Waals surface area (Å²) in [6, 6.07) is 0. The number of piperidine rings is 1. The number of ether oxygens (including phenoxy) is 1. The van der Waals surface area contributed by atoms with Crippen LogP contribution in [0.15, 0.2) is 25.3 Å². The fourth-order valence-electron chi connectivity index (χ4n) is 5.84. The minimum Gasteiger partial charge on any atom is -0.365 e. The zero-order chi connectivity index (χ0) is 23.7. The van der Waals surface area contributed by atoms with Crippen LogP contribution in [0, 0.1) is 0 Å². The molecule has 2 aliphatic heterocycles. The molecule has 0 aliphatic carbocycles. The van der Waals surface area contributed by atoms with E-state index in [1.54, 1.807) is 6.08 Å². The number of amides is 1. The van der Waals surface area contributed by atoms with E-state index in [-0.39, 0.29) is 17.0 Å². The van der Waals surface area contributed by atoms with Gasteiger partial charge in [-0.25, -0.2) is 0 Å². The van der Waals surface area contributed by atoms with E-state index in [9.17, 15) is 4.79 Å². The van der Waals surface area contributed by atoms with Gasteiger partial charge < -0.3 is 9.64 Å². The van der Waals surface area contributed by atoms with Crippen LogP contribution in [0.1, 0.15) is 98.3 Å². The van der Waals surface area contributed by atoms with Crippen LogP contribution in [0.25, 0.3) is 0 Å². The van der Waals surface area contributed by atoms with Crippen molar-refractivity contribution in [2.24, 2.45) is 0 Å². The van der Waals surface area contributed by atoms with Crippen molar-refractivity contribution in [3.05, 3.63) is 25.3 Å². The molecule has 2 rings (SSSR count). The Hall–Kier alpha value is -1.17. The predicted octanol–water partition coefficient (Wildman–Crippen LogP) is 6.05. The molecule has 2 saturated heterocycles. The molecule has 0 atom stereocenters. The lowest BCUT2D eigenvalue weighted by Crippen LogP contribution is -2.69. The smallest absolute Gasteiger partial charge is 0.255 e. The molecule has 0 aromatic carbocycles.